The Morgan fingerprint density at radius 2 is 0.664 bits per heavy atom. The molecule has 0 aromatic carbocycles. The second kappa shape index (κ2) is 36.6. The number of esters is 1. The predicted molar refractivity (Wildman–Crippen MR) is 360 cm³/mol. The molecule has 36 nitrogen and oxygen atoms in total. The van der Waals surface area contributed by atoms with Gasteiger partial charge in [-0.25, -0.2) is 59.9 Å². The smallest absolute Gasteiger partial charge is 0.336 e. The first-order valence-electron chi connectivity index (χ1n) is 35.2. The van der Waals surface area contributed by atoms with Gasteiger partial charge in [0.1, 0.15) is 17.8 Å². The van der Waals surface area contributed by atoms with Gasteiger partial charge in [0.2, 0.25) is 0 Å². The van der Waals surface area contributed by atoms with Crippen molar-refractivity contribution in [3.63, 3.8) is 0 Å². The van der Waals surface area contributed by atoms with Crippen molar-refractivity contribution >= 4 is 5.97 Å². The molecule has 6 aliphatic heterocycles. The summed E-state index contributed by atoms with van der Waals surface area (Å²) in [4.78, 5) is 159. The van der Waals surface area contributed by atoms with Crippen molar-refractivity contribution in [2.45, 2.75) is 205 Å². The molecule has 0 radical (unpaired) electrons. The van der Waals surface area contributed by atoms with E-state index in [2.05, 4.69) is 4.98 Å². The van der Waals surface area contributed by atoms with Gasteiger partial charge in [-0.1, -0.05) is 48.5 Å². The maximum atomic E-state index is 14.4. The fourth-order valence-corrected chi connectivity index (χ4v) is 11.7. The van der Waals surface area contributed by atoms with Crippen molar-refractivity contribution in [2.75, 3.05) is 19.8 Å². The average molecular weight is 1540 g/mol. The van der Waals surface area contributed by atoms with Gasteiger partial charge in [0.05, 0.1) is 46.9 Å². The summed E-state index contributed by atoms with van der Waals surface area (Å²) in [6.45, 7) is 12.5. The minimum absolute atomic E-state index is 0.200. The van der Waals surface area contributed by atoms with Crippen molar-refractivity contribution < 1.29 is 90.2 Å². The molecule has 6 aromatic heterocycles. The van der Waals surface area contributed by atoms with E-state index in [4.69, 9.17) is 48.9 Å². The van der Waals surface area contributed by atoms with E-state index in [1.54, 1.807) is 34.6 Å². The summed E-state index contributed by atoms with van der Waals surface area (Å²) in [5.41, 5.74) is -8.81. The number of alkyl halides is 6. The quantitative estimate of drug-likeness (QED) is 0.0536. The molecule has 107 heavy (non-hydrogen) atoms. The van der Waals surface area contributed by atoms with E-state index >= 15 is 0 Å². The Balaban J connectivity index is 0.000000185. The van der Waals surface area contributed by atoms with Gasteiger partial charge in [-0.15, -0.1) is 0 Å². The number of nitrogens with zero attached hydrogens (tertiary/aromatic N) is 6. The highest BCUT2D eigenvalue weighted by molar-refractivity contribution is 5.76. The van der Waals surface area contributed by atoms with Crippen LogP contribution >= 0.6 is 0 Å². The Hall–Kier alpha value is -9.27. The first-order valence-corrected chi connectivity index (χ1v) is 33.2. The number of ether oxygens (including phenoxy) is 7. The number of aromatic amines is 6. The minimum Gasteiger partial charge on any atom is -0.458 e. The number of nitrogens with one attached hydrogen (secondary N) is 6. The monoisotopic (exact) mass is 1540 g/mol. The average Bonchev–Trinajstić information content (AvgIpc) is 1.64. The molecule has 24 atom stereocenters. The molecule has 42 heteroatoms. The zero-order chi connectivity index (χ0) is 83.1. The molecule has 12 heterocycles. The molecule has 6 fully saturated rings. The van der Waals surface area contributed by atoms with Gasteiger partial charge in [0.15, 0.2) is 80.5 Å². The fourth-order valence-electron chi connectivity index (χ4n) is 11.7. The molecule has 0 spiro atoms. The highest BCUT2D eigenvalue weighted by atomic mass is 19.2. The second-order valence-electron chi connectivity index (χ2n) is 26.3. The van der Waals surface area contributed by atoms with Crippen LogP contribution in [0.3, 0.4) is 0 Å². The SMILES string of the molecule is CC[C@H]1O[C@@H](n2ccc(=O)[nH]c2=O)[C@H](F)[C@@H]1C.C[C@H]1[C@@H](F)[C@H](n2ccc(=O)[nH]c2=O)O[C@@H]1C(=O)OC(C)(C)C.C[C@H]1[C@@H](F)[C@H](n2ccc(=O)[nH]c2=O)O[C@@H]1CO.O=c1ccn([C@@H]2O[C@H](CO)[C@@H](O)[C@H]2F)c(=O)[nH]1.[2H]C([2H])(C)[C@H]1O[C@@H](n2ccc(=O)[nH]c2=O)[C@H](F)[C@@H]1C.[2H]C([2H])(O)[C@H]1O[C@@H](n2ccc(=O)[nH]c2=O)[C@H](F)[C@@H]1C. The molecule has 6 aromatic rings. The first kappa shape index (κ1) is 78.8. The Labute approximate surface area is 604 Å². The van der Waals surface area contributed by atoms with E-state index in [-0.39, 0.29) is 18.6 Å². The number of rotatable bonds is 12. The molecular weight excluding hydrogens is 1450 g/mol. The zero-order valence-corrected chi connectivity index (χ0v) is 58.8. The van der Waals surface area contributed by atoms with E-state index in [1.807, 2.05) is 31.8 Å². The number of aliphatic hydroxyl groups is 4. The summed E-state index contributed by atoms with van der Waals surface area (Å²) >= 11 is 0. The van der Waals surface area contributed by atoms with Gasteiger partial charge < -0.3 is 53.6 Å². The second-order valence-corrected chi connectivity index (χ2v) is 26.3. The molecule has 0 unspecified atom stereocenters. The summed E-state index contributed by atoms with van der Waals surface area (Å²) in [6.07, 6.45) is -17.6. The lowest BCUT2D eigenvalue weighted by molar-refractivity contribution is -0.171. The number of H-pyrrole nitrogens is 6. The van der Waals surface area contributed by atoms with Crippen LogP contribution in [-0.2, 0) is 38.0 Å². The van der Waals surface area contributed by atoms with Crippen molar-refractivity contribution in [1.29, 1.82) is 0 Å². The number of hydrogen-bond acceptors (Lipinski definition) is 24. The van der Waals surface area contributed by atoms with Gasteiger partial charge in [-0.3, -0.25) is 86.1 Å². The third-order valence-corrected chi connectivity index (χ3v) is 17.8. The largest absolute Gasteiger partial charge is 0.458 e. The Morgan fingerprint density at radius 3 is 0.907 bits per heavy atom. The number of carbonyl (C=O) groups is 1. The lowest BCUT2D eigenvalue weighted by atomic mass is 10.00. The van der Waals surface area contributed by atoms with Gasteiger partial charge in [0.25, 0.3) is 33.4 Å². The van der Waals surface area contributed by atoms with Gasteiger partial charge in [-0.2, -0.15) is 0 Å². The van der Waals surface area contributed by atoms with Crippen LogP contribution in [0.15, 0.2) is 131 Å². The minimum atomic E-state index is -2.72. The lowest BCUT2D eigenvalue weighted by Crippen LogP contribution is -2.35. The summed E-state index contributed by atoms with van der Waals surface area (Å²) < 4.78 is 156. The van der Waals surface area contributed by atoms with Crippen LogP contribution < -0.4 is 67.5 Å². The standard InChI is InChI=1S/C14H19FN2O5.2C11H15FN2O3.2C10H13FN2O4.C9H11FN2O5/c1-7-9(15)11(17-6-5-8(18)16-13(17)20)21-10(7)12(19)22-14(2,3)4;2*1-3-7-6(2)9(12)10(17-7)14-5-4-8(15)13-11(14)16;2*1-5-6(4-14)17-9(8(5)11)13-3-2-7(15)12-10(13)16;10-6-7(15)4(3-13)17-8(6)12-2-1-5(14)11-9(12)16/h5-7,9-11H,1-4H3,(H,16,18,20);2*4-7,9-10H,3H2,1-2H3,(H,13,15,16);2*2-3,5-6,8-9,14H,4H2,1H3,(H,12,15,16);1-2,4,6-8,13,15H,3H2,(H,11,14,16)/t7-,9+,10-,11+;2*6-,7-,9-,10-;2*5-,6-,8-,9-;4-,6-,7-,8-/m011111/s1/i;3D2;;4D2;;. The van der Waals surface area contributed by atoms with Crippen LogP contribution in [0.1, 0.15) is 125 Å². The maximum Gasteiger partial charge on any atom is 0.336 e. The van der Waals surface area contributed by atoms with E-state index in [0.717, 1.165) is 82.5 Å². The number of hydrogen-bond donors (Lipinski definition) is 10. The Kier molecular flexibility index (Phi) is 26.9. The van der Waals surface area contributed by atoms with Crippen molar-refractivity contribution in [1.82, 2.24) is 57.3 Å². The number of aromatic nitrogens is 12. The molecule has 6 saturated heterocycles. The van der Waals surface area contributed by atoms with E-state index in [0.29, 0.717) is 6.42 Å². The molecule has 10 N–H and O–H groups in total. The van der Waals surface area contributed by atoms with E-state index in [9.17, 15) is 98.9 Å². The molecule has 592 valence electrons. The van der Waals surface area contributed by atoms with Crippen molar-refractivity contribution in [2.24, 2.45) is 29.6 Å². The van der Waals surface area contributed by atoms with Crippen LogP contribution in [0.5, 0.6) is 0 Å². The summed E-state index contributed by atoms with van der Waals surface area (Å²) in [5, 5.41) is 36.5. The maximum absolute atomic E-state index is 14.4. The molecule has 0 saturated carbocycles. The Bertz CT molecular complexity index is 4610. The predicted octanol–water partition coefficient (Wildman–Crippen LogP) is -0.687. The number of aliphatic hydroxyl groups excluding tert-OH is 3. The summed E-state index contributed by atoms with van der Waals surface area (Å²) in [7, 11) is 0. The molecule has 0 bridgehead atoms. The number of carbonyl (C=O) groups excluding carboxylic acids is 1. The molecular formula is C65H86F6N12O24. The van der Waals surface area contributed by atoms with Gasteiger partial charge in [0, 0.05) is 106 Å². The van der Waals surface area contributed by atoms with Crippen LogP contribution in [0.2, 0.25) is 0 Å². The summed E-state index contributed by atoms with van der Waals surface area (Å²) in [6, 6.07) is 6.55. The van der Waals surface area contributed by atoms with Crippen LogP contribution in [0.4, 0.5) is 26.3 Å². The highest BCUT2D eigenvalue weighted by Crippen LogP contribution is 2.40. The van der Waals surface area contributed by atoms with Crippen LogP contribution in [-0.4, -0.2) is 189 Å². The molecule has 6 aliphatic rings. The van der Waals surface area contributed by atoms with Crippen molar-refractivity contribution in [3.05, 3.63) is 199 Å². The first-order chi connectivity index (χ1) is 51.6. The third-order valence-electron chi connectivity index (χ3n) is 17.8. The molecule has 0 amide bonds. The normalized spacial score (nSPS) is 32.8. The molecule has 0 aliphatic carbocycles. The zero-order valence-electron chi connectivity index (χ0n) is 62.8. The van der Waals surface area contributed by atoms with Crippen LogP contribution in [0, 0.1) is 29.6 Å². The third kappa shape index (κ3) is 20.1. The molecule has 12 rings (SSSR count). The van der Waals surface area contributed by atoms with E-state index in [1.165, 1.54) is 46.2 Å². The highest BCUT2D eigenvalue weighted by Gasteiger charge is 2.50. The lowest BCUT2D eigenvalue weighted by Gasteiger charge is -2.23. The van der Waals surface area contributed by atoms with Crippen LogP contribution in [0.25, 0.3) is 0 Å². The summed E-state index contributed by atoms with van der Waals surface area (Å²) in [5.74, 6) is -3.86. The van der Waals surface area contributed by atoms with Gasteiger partial charge >= 0.3 is 40.1 Å². The number of halogens is 6. The topological polar surface area (TPSA) is 492 Å². The van der Waals surface area contributed by atoms with Crippen molar-refractivity contribution in [3.8, 4) is 0 Å². The van der Waals surface area contributed by atoms with E-state index < -0.39 is 233 Å². The Morgan fingerprint density at radius 1 is 0.411 bits per heavy atom. The van der Waals surface area contributed by atoms with Gasteiger partial charge in [-0.05, 0) is 33.6 Å². The fraction of sp³-hybridized carbons (Fsp3) is 0.615.